The zero-order valence-corrected chi connectivity index (χ0v) is 20.4. The molecule has 2 unspecified atom stereocenters. The number of cyclic esters (lactones) is 1. The second-order valence-electron chi connectivity index (χ2n) is 8.80. The number of rotatable bonds is 7. The summed E-state index contributed by atoms with van der Waals surface area (Å²) >= 11 is 0. The molecule has 1 saturated heterocycles. The Morgan fingerprint density at radius 2 is 1.75 bits per heavy atom. The Hall–Kier alpha value is -4.20. The Bertz CT molecular complexity index is 1260. The second-order valence-corrected chi connectivity index (χ2v) is 8.80. The molecule has 8 heteroatoms. The topological polar surface area (TPSA) is 79.0 Å². The molecule has 3 aromatic rings. The molecule has 3 aromatic carbocycles. The van der Waals surface area contributed by atoms with Crippen molar-refractivity contribution in [2.45, 2.75) is 32.5 Å². The van der Waals surface area contributed by atoms with Crippen LogP contribution < -0.4 is 5.32 Å². The van der Waals surface area contributed by atoms with E-state index >= 15 is 0 Å². The fourth-order valence-electron chi connectivity index (χ4n) is 4.11. The SMILES string of the molecule is CCN(C)C(=O)C1C(c2ccc(NC(=O)c3cccc(C)c3)cc2)OC(=O)N1Cc1ccc(F)cc1. The molecular formula is C28H28FN3O4. The van der Waals surface area contributed by atoms with Gasteiger partial charge in [0.25, 0.3) is 5.91 Å². The van der Waals surface area contributed by atoms with Crippen LogP contribution in [0.4, 0.5) is 14.9 Å². The summed E-state index contributed by atoms with van der Waals surface area (Å²) in [6.07, 6.45) is -1.45. The molecule has 0 spiro atoms. The van der Waals surface area contributed by atoms with E-state index in [9.17, 15) is 18.8 Å². The van der Waals surface area contributed by atoms with Crippen molar-refractivity contribution in [3.8, 4) is 0 Å². The van der Waals surface area contributed by atoms with Gasteiger partial charge in [-0.3, -0.25) is 14.5 Å². The number of hydrogen-bond acceptors (Lipinski definition) is 4. The van der Waals surface area contributed by atoms with E-state index in [0.717, 1.165) is 5.56 Å². The van der Waals surface area contributed by atoms with Gasteiger partial charge in [0.1, 0.15) is 5.82 Å². The minimum Gasteiger partial charge on any atom is -0.438 e. The highest BCUT2D eigenvalue weighted by Crippen LogP contribution is 2.35. The standard InChI is InChI=1S/C28H28FN3O4/c1-4-31(3)27(34)24-25(36-28(35)32(24)17-19-8-12-22(29)13-9-19)20-10-14-23(15-11-20)30-26(33)21-7-5-6-18(2)16-21/h5-16,24-25H,4,17H2,1-3H3,(H,30,33). The molecule has 1 fully saturated rings. The molecule has 36 heavy (non-hydrogen) atoms. The number of ether oxygens (including phenoxy) is 1. The Kier molecular flexibility index (Phi) is 7.33. The van der Waals surface area contributed by atoms with Crippen LogP contribution in [0.15, 0.2) is 72.8 Å². The number of anilines is 1. The second kappa shape index (κ2) is 10.6. The van der Waals surface area contributed by atoms with Crippen LogP contribution in [0.2, 0.25) is 0 Å². The van der Waals surface area contributed by atoms with E-state index in [1.807, 2.05) is 26.0 Å². The largest absolute Gasteiger partial charge is 0.438 e. The van der Waals surface area contributed by atoms with Crippen LogP contribution in [0.1, 0.15) is 40.1 Å². The molecular weight excluding hydrogens is 461 g/mol. The van der Waals surface area contributed by atoms with Crippen molar-refractivity contribution in [1.29, 1.82) is 0 Å². The molecule has 0 radical (unpaired) electrons. The molecule has 0 bridgehead atoms. The average Bonchev–Trinajstić information content (AvgIpc) is 3.20. The van der Waals surface area contributed by atoms with Crippen LogP contribution in [0, 0.1) is 12.7 Å². The summed E-state index contributed by atoms with van der Waals surface area (Å²) in [5.41, 5.74) is 3.42. The monoisotopic (exact) mass is 489 g/mol. The van der Waals surface area contributed by atoms with Gasteiger partial charge < -0.3 is 15.0 Å². The van der Waals surface area contributed by atoms with Gasteiger partial charge >= 0.3 is 6.09 Å². The molecule has 7 nitrogen and oxygen atoms in total. The van der Waals surface area contributed by atoms with Crippen LogP contribution in [0.3, 0.4) is 0 Å². The quantitative estimate of drug-likeness (QED) is 0.511. The number of carbonyl (C=O) groups is 3. The van der Waals surface area contributed by atoms with Crippen molar-refractivity contribution in [2.75, 3.05) is 18.9 Å². The lowest BCUT2D eigenvalue weighted by Crippen LogP contribution is -2.46. The normalized spacial score (nSPS) is 17.0. The summed E-state index contributed by atoms with van der Waals surface area (Å²) in [6.45, 7) is 4.33. The van der Waals surface area contributed by atoms with Crippen LogP contribution in [-0.4, -0.2) is 47.3 Å². The van der Waals surface area contributed by atoms with Gasteiger partial charge in [-0.1, -0.05) is 42.0 Å². The predicted octanol–water partition coefficient (Wildman–Crippen LogP) is 4.93. The number of benzene rings is 3. The fraction of sp³-hybridized carbons (Fsp3) is 0.250. The van der Waals surface area contributed by atoms with E-state index in [1.54, 1.807) is 55.6 Å². The van der Waals surface area contributed by atoms with Crippen molar-refractivity contribution in [1.82, 2.24) is 9.80 Å². The van der Waals surface area contributed by atoms with E-state index in [2.05, 4.69) is 5.32 Å². The Balaban J connectivity index is 1.56. The average molecular weight is 490 g/mol. The number of halogens is 1. The molecule has 186 valence electrons. The molecule has 0 aromatic heterocycles. The number of carbonyl (C=O) groups excluding carboxylic acids is 3. The number of hydrogen-bond donors (Lipinski definition) is 1. The lowest BCUT2D eigenvalue weighted by molar-refractivity contribution is -0.135. The Morgan fingerprint density at radius 1 is 1.06 bits per heavy atom. The third-order valence-electron chi connectivity index (χ3n) is 6.23. The molecule has 3 amide bonds. The van der Waals surface area contributed by atoms with Gasteiger partial charge in [0, 0.05) is 24.8 Å². The van der Waals surface area contributed by atoms with E-state index < -0.39 is 18.2 Å². The third-order valence-corrected chi connectivity index (χ3v) is 6.23. The first-order valence-corrected chi connectivity index (χ1v) is 11.7. The van der Waals surface area contributed by atoms with Gasteiger partial charge in [-0.05, 0) is 61.4 Å². The number of aryl methyl sites for hydroxylation is 1. The highest BCUT2D eigenvalue weighted by atomic mass is 19.1. The third kappa shape index (κ3) is 5.38. The maximum atomic E-state index is 13.4. The van der Waals surface area contributed by atoms with E-state index in [1.165, 1.54) is 21.9 Å². The van der Waals surface area contributed by atoms with Crippen molar-refractivity contribution < 1.29 is 23.5 Å². The number of nitrogens with one attached hydrogen (secondary N) is 1. The Morgan fingerprint density at radius 3 is 2.39 bits per heavy atom. The van der Waals surface area contributed by atoms with Gasteiger partial charge in [0.15, 0.2) is 12.1 Å². The van der Waals surface area contributed by atoms with Gasteiger partial charge in [-0.25, -0.2) is 9.18 Å². The minimum absolute atomic E-state index is 0.105. The summed E-state index contributed by atoms with van der Waals surface area (Å²) in [7, 11) is 1.67. The number of likely N-dealkylation sites (N-methyl/N-ethyl adjacent to an activating group) is 1. The van der Waals surface area contributed by atoms with Gasteiger partial charge in [0.05, 0.1) is 6.54 Å². The summed E-state index contributed by atoms with van der Waals surface area (Å²) in [6, 6.07) is 19.1. The smallest absolute Gasteiger partial charge is 0.411 e. The molecule has 1 N–H and O–H groups in total. The number of amides is 3. The first-order valence-electron chi connectivity index (χ1n) is 11.7. The fourth-order valence-corrected chi connectivity index (χ4v) is 4.11. The highest BCUT2D eigenvalue weighted by Gasteiger charge is 2.47. The maximum Gasteiger partial charge on any atom is 0.411 e. The maximum absolute atomic E-state index is 13.4. The van der Waals surface area contributed by atoms with Crippen molar-refractivity contribution in [3.05, 3.63) is 101 Å². The van der Waals surface area contributed by atoms with Crippen molar-refractivity contribution in [3.63, 3.8) is 0 Å². The van der Waals surface area contributed by atoms with Gasteiger partial charge in [0.2, 0.25) is 5.91 Å². The summed E-state index contributed by atoms with van der Waals surface area (Å²) in [5.74, 6) is -0.873. The van der Waals surface area contributed by atoms with Crippen molar-refractivity contribution in [2.24, 2.45) is 0 Å². The summed E-state index contributed by atoms with van der Waals surface area (Å²) in [5, 5.41) is 2.86. The summed E-state index contributed by atoms with van der Waals surface area (Å²) < 4.78 is 19.0. The van der Waals surface area contributed by atoms with Crippen LogP contribution in [0.25, 0.3) is 0 Å². The molecule has 1 aliphatic rings. The van der Waals surface area contributed by atoms with E-state index in [0.29, 0.717) is 28.9 Å². The molecule has 0 aliphatic carbocycles. The van der Waals surface area contributed by atoms with Crippen LogP contribution >= 0.6 is 0 Å². The lowest BCUT2D eigenvalue weighted by atomic mass is 10.00. The van der Waals surface area contributed by atoms with Gasteiger partial charge in [-0.15, -0.1) is 0 Å². The van der Waals surface area contributed by atoms with Crippen LogP contribution in [0.5, 0.6) is 0 Å². The molecule has 1 heterocycles. The minimum atomic E-state index is -0.889. The molecule has 0 saturated carbocycles. The first-order chi connectivity index (χ1) is 17.3. The highest BCUT2D eigenvalue weighted by molar-refractivity contribution is 6.04. The molecule has 1 aliphatic heterocycles. The summed E-state index contributed by atoms with van der Waals surface area (Å²) in [4.78, 5) is 41.6. The van der Waals surface area contributed by atoms with E-state index in [-0.39, 0.29) is 24.2 Å². The van der Waals surface area contributed by atoms with Crippen LogP contribution in [-0.2, 0) is 16.1 Å². The first kappa shape index (κ1) is 24.9. The molecule has 2 atom stereocenters. The Labute approximate surface area is 209 Å². The van der Waals surface area contributed by atoms with Crippen molar-refractivity contribution >= 4 is 23.6 Å². The lowest BCUT2D eigenvalue weighted by Gasteiger charge is -2.28. The zero-order valence-electron chi connectivity index (χ0n) is 20.4. The zero-order chi connectivity index (χ0) is 25.8. The predicted molar refractivity (Wildman–Crippen MR) is 134 cm³/mol. The number of nitrogens with zero attached hydrogens (tertiary/aromatic N) is 2. The molecule has 4 rings (SSSR count). The van der Waals surface area contributed by atoms with E-state index in [4.69, 9.17) is 4.74 Å². The van der Waals surface area contributed by atoms with Gasteiger partial charge in [-0.2, -0.15) is 0 Å².